The number of carbonyl (C=O) groups excluding carboxylic acids is 2. The molecule has 0 saturated heterocycles. The minimum atomic E-state index is -0.605. The van der Waals surface area contributed by atoms with E-state index in [2.05, 4.69) is 5.32 Å². The first kappa shape index (κ1) is 11.4. The number of halogens is 1. The molecule has 1 amide bonds. The van der Waals surface area contributed by atoms with Crippen molar-refractivity contribution in [1.82, 2.24) is 0 Å². The van der Waals surface area contributed by atoms with Crippen molar-refractivity contribution in [2.75, 3.05) is 5.32 Å². The van der Waals surface area contributed by atoms with Gasteiger partial charge in [-0.05, 0) is 31.5 Å². The Hall–Kier alpha value is -1.71. The SMILES string of the molecule is CC(=O)Nc1cc(C)c(C(C)=O)c(F)c1. The molecule has 0 bridgehead atoms. The fourth-order valence-corrected chi connectivity index (χ4v) is 1.47. The van der Waals surface area contributed by atoms with E-state index in [1.54, 1.807) is 13.0 Å². The van der Waals surface area contributed by atoms with E-state index in [4.69, 9.17) is 0 Å². The standard InChI is InChI=1S/C11H12FNO2/c1-6-4-9(13-8(3)15)5-10(12)11(6)7(2)14/h4-5H,1-3H3,(H,13,15). The topological polar surface area (TPSA) is 46.2 Å². The van der Waals surface area contributed by atoms with Gasteiger partial charge in [-0.3, -0.25) is 9.59 Å². The summed E-state index contributed by atoms with van der Waals surface area (Å²) in [6.07, 6.45) is 0. The molecule has 3 nitrogen and oxygen atoms in total. The number of amides is 1. The molecule has 0 aliphatic rings. The molecule has 1 aromatic carbocycles. The van der Waals surface area contributed by atoms with E-state index in [0.717, 1.165) is 6.07 Å². The van der Waals surface area contributed by atoms with E-state index in [1.165, 1.54) is 13.8 Å². The van der Waals surface area contributed by atoms with Gasteiger partial charge >= 0.3 is 0 Å². The molecule has 1 aromatic rings. The number of benzene rings is 1. The minimum absolute atomic E-state index is 0.0732. The lowest BCUT2D eigenvalue weighted by atomic mass is 10.0. The predicted molar refractivity (Wildman–Crippen MR) is 55.4 cm³/mol. The first-order valence-electron chi connectivity index (χ1n) is 4.50. The number of aryl methyl sites for hydroxylation is 1. The van der Waals surface area contributed by atoms with Crippen LogP contribution >= 0.6 is 0 Å². The lowest BCUT2D eigenvalue weighted by Gasteiger charge is -2.08. The number of hydrogen-bond donors (Lipinski definition) is 1. The normalized spacial score (nSPS) is 9.87. The number of rotatable bonds is 2. The third-order valence-corrected chi connectivity index (χ3v) is 1.96. The highest BCUT2D eigenvalue weighted by molar-refractivity contribution is 5.97. The molecular weight excluding hydrogens is 197 g/mol. The molecule has 0 spiro atoms. The van der Waals surface area contributed by atoms with Gasteiger partial charge in [-0.1, -0.05) is 0 Å². The van der Waals surface area contributed by atoms with Crippen LogP contribution in [0.3, 0.4) is 0 Å². The number of nitrogens with one attached hydrogen (secondary N) is 1. The van der Waals surface area contributed by atoms with Crippen LogP contribution in [0.5, 0.6) is 0 Å². The number of ketones is 1. The third kappa shape index (κ3) is 2.62. The lowest BCUT2D eigenvalue weighted by molar-refractivity contribution is -0.114. The molecule has 1 rings (SSSR count). The van der Waals surface area contributed by atoms with Gasteiger partial charge in [0, 0.05) is 12.6 Å². The van der Waals surface area contributed by atoms with Crippen molar-refractivity contribution in [2.45, 2.75) is 20.8 Å². The molecule has 15 heavy (non-hydrogen) atoms. The molecule has 0 aromatic heterocycles. The van der Waals surface area contributed by atoms with Crippen molar-refractivity contribution in [3.05, 3.63) is 29.1 Å². The largest absolute Gasteiger partial charge is 0.326 e. The fourth-order valence-electron chi connectivity index (χ4n) is 1.47. The van der Waals surface area contributed by atoms with Gasteiger partial charge in [-0.15, -0.1) is 0 Å². The molecule has 0 unspecified atom stereocenters. The van der Waals surface area contributed by atoms with Gasteiger partial charge < -0.3 is 5.32 Å². The van der Waals surface area contributed by atoms with Crippen LogP contribution in [-0.2, 0) is 4.79 Å². The quantitative estimate of drug-likeness (QED) is 0.759. The first-order valence-corrected chi connectivity index (χ1v) is 4.50. The number of hydrogen-bond acceptors (Lipinski definition) is 2. The second-order valence-electron chi connectivity index (χ2n) is 3.39. The zero-order chi connectivity index (χ0) is 11.6. The molecule has 0 aliphatic carbocycles. The highest BCUT2D eigenvalue weighted by atomic mass is 19.1. The van der Waals surface area contributed by atoms with E-state index >= 15 is 0 Å². The van der Waals surface area contributed by atoms with Crippen molar-refractivity contribution >= 4 is 17.4 Å². The summed E-state index contributed by atoms with van der Waals surface area (Å²) in [7, 11) is 0. The monoisotopic (exact) mass is 209 g/mol. The van der Waals surface area contributed by atoms with E-state index in [-0.39, 0.29) is 17.3 Å². The second-order valence-corrected chi connectivity index (χ2v) is 3.39. The Morgan fingerprint density at radius 2 is 1.87 bits per heavy atom. The average Bonchev–Trinajstić information content (AvgIpc) is 1.99. The van der Waals surface area contributed by atoms with Crippen molar-refractivity contribution in [1.29, 1.82) is 0 Å². The smallest absolute Gasteiger partial charge is 0.221 e. The van der Waals surface area contributed by atoms with Gasteiger partial charge in [0.25, 0.3) is 0 Å². The van der Waals surface area contributed by atoms with E-state index in [1.807, 2.05) is 0 Å². The fraction of sp³-hybridized carbons (Fsp3) is 0.273. The van der Waals surface area contributed by atoms with Crippen LogP contribution in [0.1, 0.15) is 29.8 Å². The molecule has 0 radical (unpaired) electrons. The predicted octanol–water partition coefficient (Wildman–Crippen LogP) is 2.30. The number of carbonyl (C=O) groups is 2. The van der Waals surface area contributed by atoms with E-state index in [9.17, 15) is 14.0 Å². The van der Waals surface area contributed by atoms with Crippen molar-refractivity contribution in [2.24, 2.45) is 0 Å². The third-order valence-electron chi connectivity index (χ3n) is 1.96. The summed E-state index contributed by atoms with van der Waals surface area (Å²) in [5, 5.41) is 2.46. The Morgan fingerprint density at radius 1 is 1.27 bits per heavy atom. The highest BCUT2D eigenvalue weighted by Gasteiger charge is 2.12. The lowest BCUT2D eigenvalue weighted by Crippen LogP contribution is -2.08. The summed E-state index contributed by atoms with van der Waals surface area (Å²) >= 11 is 0. The maximum Gasteiger partial charge on any atom is 0.221 e. The van der Waals surface area contributed by atoms with Crippen LogP contribution in [-0.4, -0.2) is 11.7 Å². The summed E-state index contributed by atoms with van der Waals surface area (Å²) in [5.74, 6) is -1.20. The minimum Gasteiger partial charge on any atom is -0.326 e. The Balaban J connectivity index is 3.19. The van der Waals surface area contributed by atoms with Gasteiger partial charge in [-0.25, -0.2) is 4.39 Å². The summed E-state index contributed by atoms with van der Waals surface area (Å²) in [5.41, 5.74) is 0.956. The van der Waals surface area contributed by atoms with Gasteiger partial charge in [0.1, 0.15) is 5.82 Å². The van der Waals surface area contributed by atoms with Crippen LogP contribution in [0.4, 0.5) is 10.1 Å². The van der Waals surface area contributed by atoms with Gasteiger partial charge in [0.2, 0.25) is 5.91 Å². The zero-order valence-electron chi connectivity index (χ0n) is 8.85. The summed E-state index contributed by atoms with van der Waals surface area (Å²) < 4.78 is 13.4. The van der Waals surface area contributed by atoms with E-state index < -0.39 is 5.82 Å². The van der Waals surface area contributed by atoms with Crippen LogP contribution in [0, 0.1) is 12.7 Å². The second kappa shape index (κ2) is 4.21. The van der Waals surface area contributed by atoms with Crippen molar-refractivity contribution < 1.29 is 14.0 Å². The van der Waals surface area contributed by atoms with Crippen LogP contribution in [0.15, 0.2) is 12.1 Å². The Morgan fingerprint density at radius 3 is 2.27 bits per heavy atom. The molecule has 1 N–H and O–H groups in total. The maximum absolute atomic E-state index is 13.4. The summed E-state index contributed by atoms with van der Waals surface area (Å²) in [6, 6.07) is 2.71. The number of anilines is 1. The molecule has 0 atom stereocenters. The summed E-state index contributed by atoms with van der Waals surface area (Å²) in [6.45, 7) is 4.28. The van der Waals surface area contributed by atoms with Crippen LogP contribution < -0.4 is 5.32 Å². The van der Waals surface area contributed by atoms with Crippen molar-refractivity contribution in [3.63, 3.8) is 0 Å². The molecule has 0 fully saturated rings. The maximum atomic E-state index is 13.4. The highest BCUT2D eigenvalue weighted by Crippen LogP contribution is 2.19. The molecule has 0 aliphatic heterocycles. The molecule has 4 heteroatoms. The van der Waals surface area contributed by atoms with E-state index in [0.29, 0.717) is 11.3 Å². The summed E-state index contributed by atoms with van der Waals surface area (Å²) in [4.78, 5) is 21.8. The average molecular weight is 209 g/mol. The Bertz CT molecular complexity index is 404. The molecule has 0 saturated carbocycles. The zero-order valence-corrected chi connectivity index (χ0v) is 8.85. The number of Topliss-reactive ketones (excluding diaryl/α,β-unsaturated/α-hetero) is 1. The van der Waals surface area contributed by atoms with Crippen molar-refractivity contribution in [3.8, 4) is 0 Å². The Kier molecular flexibility index (Phi) is 3.19. The van der Waals surface area contributed by atoms with Crippen LogP contribution in [0.2, 0.25) is 0 Å². The molecular formula is C11H12FNO2. The first-order chi connectivity index (χ1) is 6.91. The van der Waals surface area contributed by atoms with Gasteiger partial charge in [-0.2, -0.15) is 0 Å². The Labute approximate surface area is 87.3 Å². The van der Waals surface area contributed by atoms with Gasteiger partial charge in [0.15, 0.2) is 5.78 Å². The van der Waals surface area contributed by atoms with Gasteiger partial charge in [0.05, 0.1) is 5.56 Å². The molecule has 80 valence electrons. The van der Waals surface area contributed by atoms with Crippen LogP contribution in [0.25, 0.3) is 0 Å². The molecule has 0 heterocycles.